The maximum atomic E-state index is 12.8. The number of sulfonamides is 1. The molecule has 0 amide bonds. The molecule has 2 aromatic carbocycles. The minimum absolute atomic E-state index is 0.0587. The molecule has 0 radical (unpaired) electrons. The Morgan fingerprint density at radius 3 is 2.15 bits per heavy atom. The third-order valence-electron chi connectivity index (χ3n) is 2.60. The van der Waals surface area contributed by atoms with Crippen LogP contribution in [0.3, 0.4) is 0 Å². The smallest absolute Gasteiger partial charge is 0.207 e. The van der Waals surface area contributed by atoms with Gasteiger partial charge in [0.25, 0.3) is 10.0 Å². The predicted molar refractivity (Wildman–Crippen MR) is 77.2 cm³/mol. The minimum Gasteiger partial charge on any atom is -0.207 e. The van der Waals surface area contributed by atoms with Crippen molar-refractivity contribution in [2.45, 2.75) is 11.8 Å². The summed E-state index contributed by atoms with van der Waals surface area (Å²) in [7, 11) is -3.87. The number of hydrogen-bond donors (Lipinski definition) is 0. The van der Waals surface area contributed by atoms with Crippen molar-refractivity contribution in [3.05, 3.63) is 65.5 Å². The summed E-state index contributed by atoms with van der Waals surface area (Å²) >= 11 is 5.87. The highest BCUT2D eigenvalue weighted by molar-refractivity contribution is 7.90. The first-order valence-electron chi connectivity index (χ1n) is 5.71. The van der Waals surface area contributed by atoms with Crippen LogP contribution in [0.4, 0.5) is 4.39 Å². The minimum atomic E-state index is -3.87. The second-order valence-corrected chi connectivity index (χ2v) is 6.14. The molecular weight excluding hydrogens is 301 g/mol. The Bertz CT molecular complexity index is 738. The van der Waals surface area contributed by atoms with Gasteiger partial charge in [-0.3, -0.25) is 0 Å². The molecule has 0 unspecified atom stereocenters. The van der Waals surface area contributed by atoms with Gasteiger partial charge in [-0.05, 0) is 43.3 Å². The molecular formula is C14H11ClFNO2S. The van der Waals surface area contributed by atoms with Crippen LogP contribution in [-0.4, -0.2) is 13.6 Å². The van der Waals surface area contributed by atoms with Gasteiger partial charge in [-0.1, -0.05) is 29.3 Å². The first-order chi connectivity index (χ1) is 9.38. The molecule has 2 rings (SSSR count). The van der Waals surface area contributed by atoms with E-state index < -0.39 is 15.8 Å². The molecule has 0 N–H and O–H groups in total. The Labute approximate surface area is 121 Å². The van der Waals surface area contributed by atoms with Gasteiger partial charge in [-0.2, -0.15) is 8.42 Å². The zero-order valence-electron chi connectivity index (χ0n) is 10.5. The average molecular weight is 312 g/mol. The van der Waals surface area contributed by atoms with E-state index in [-0.39, 0.29) is 10.1 Å². The van der Waals surface area contributed by atoms with Gasteiger partial charge in [0.05, 0.1) is 4.90 Å². The van der Waals surface area contributed by atoms with E-state index in [1.54, 1.807) is 12.1 Å². The van der Waals surface area contributed by atoms with Gasteiger partial charge in [0.15, 0.2) is 0 Å². The van der Waals surface area contributed by atoms with E-state index >= 15 is 0 Å². The van der Waals surface area contributed by atoms with Crippen LogP contribution in [0.2, 0.25) is 0 Å². The summed E-state index contributed by atoms with van der Waals surface area (Å²) in [5.41, 5.74) is 1.28. The van der Waals surface area contributed by atoms with Crippen LogP contribution in [0.1, 0.15) is 11.1 Å². The summed E-state index contributed by atoms with van der Waals surface area (Å²) in [6, 6.07) is 11.4. The molecule has 0 saturated heterocycles. The molecule has 0 fully saturated rings. The molecule has 0 bridgehead atoms. The fourth-order valence-corrected chi connectivity index (χ4v) is 2.81. The summed E-state index contributed by atoms with van der Waals surface area (Å²) in [6.07, 6.45) is 0. The number of rotatable bonds is 3. The first-order valence-corrected chi connectivity index (χ1v) is 7.53. The first kappa shape index (κ1) is 14.7. The second kappa shape index (κ2) is 5.73. The fourth-order valence-electron chi connectivity index (χ4n) is 1.51. The highest BCUT2D eigenvalue weighted by Crippen LogP contribution is 2.16. The van der Waals surface area contributed by atoms with E-state index in [4.69, 9.17) is 11.6 Å². The third-order valence-corrected chi connectivity index (χ3v) is 4.30. The quantitative estimate of drug-likeness (QED) is 0.814. The standard InChI is InChI=1S/C14H11ClFNO2S/c1-10-2-8-13(9-3-10)20(18,19)17-14(15)11-4-6-12(16)7-5-11/h2-9H,1H3/b17-14+. The lowest BCUT2D eigenvalue weighted by Gasteiger charge is -2.02. The van der Waals surface area contributed by atoms with Crippen molar-refractivity contribution in [3.8, 4) is 0 Å². The van der Waals surface area contributed by atoms with Crippen molar-refractivity contribution in [2.24, 2.45) is 4.40 Å². The van der Waals surface area contributed by atoms with Gasteiger partial charge in [-0.25, -0.2) is 4.39 Å². The maximum Gasteiger partial charge on any atom is 0.283 e. The van der Waals surface area contributed by atoms with Gasteiger partial charge < -0.3 is 0 Å². The summed E-state index contributed by atoms with van der Waals surface area (Å²) in [5.74, 6) is -0.431. The van der Waals surface area contributed by atoms with E-state index in [1.165, 1.54) is 36.4 Å². The average Bonchev–Trinajstić information content (AvgIpc) is 2.39. The van der Waals surface area contributed by atoms with Crippen LogP contribution < -0.4 is 0 Å². The highest BCUT2D eigenvalue weighted by atomic mass is 35.5. The normalized spacial score (nSPS) is 12.4. The number of aryl methyl sites for hydroxylation is 1. The molecule has 20 heavy (non-hydrogen) atoms. The molecule has 0 aliphatic carbocycles. The van der Waals surface area contributed by atoms with Crippen molar-refractivity contribution in [3.63, 3.8) is 0 Å². The van der Waals surface area contributed by atoms with Crippen LogP contribution in [0.15, 0.2) is 57.8 Å². The van der Waals surface area contributed by atoms with Crippen molar-refractivity contribution >= 4 is 26.8 Å². The zero-order chi connectivity index (χ0) is 14.8. The van der Waals surface area contributed by atoms with Gasteiger partial charge in [0.2, 0.25) is 0 Å². The molecule has 0 aliphatic rings. The topological polar surface area (TPSA) is 46.5 Å². The van der Waals surface area contributed by atoms with Gasteiger partial charge in [0, 0.05) is 5.56 Å². The van der Waals surface area contributed by atoms with Crippen LogP contribution in [0, 0.1) is 12.7 Å². The predicted octanol–water partition coefficient (Wildman–Crippen LogP) is 3.51. The molecule has 0 aromatic heterocycles. The maximum absolute atomic E-state index is 12.8. The monoisotopic (exact) mass is 311 g/mol. The van der Waals surface area contributed by atoms with E-state index in [2.05, 4.69) is 4.40 Å². The summed E-state index contributed by atoms with van der Waals surface area (Å²) in [5, 5.41) is -0.203. The van der Waals surface area contributed by atoms with E-state index in [9.17, 15) is 12.8 Å². The van der Waals surface area contributed by atoms with E-state index in [0.29, 0.717) is 5.56 Å². The van der Waals surface area contributed by atoms with Crippen LogP contribution >= 0.6 is 11.6 Å². The van der Waals surface area contributed by atoms with E-state index in [1.807, 2.05) is 6.92 Å². The molecule has 6 heteroatoms. The number of hydrogen-bond acceptors (Lipinski definition) is 2. The summed E-state index contributed by atoms with van der Waals surface area (Å²) < 4.78 is 40.4. The lowest BCUT2D eigenvalue weighted by molar-refractivity contribution is 0.598. The number of halogens is 2. The summed E-state index contributed by atoms with van der Waals surface area (Å²) in [6.45, 7) is 1.85. The Balaban J connectivity index is 2.37. The zero-order valence-corrected chi connectivity index (χ0v) is 12.1. The molecule has 0 atom stereocenters. The lowest BCUT2D eigenvalue weighted by Crippen LogP contribution is -2.01. The molecule has 0 heterocycles. The van der Waals surface area contributed by atoms with Crippen LogP contribution in [0.25, 0.3) is 0 Å². The SMILES string of the molecule is Cc1ccc(S(=O)(=O)/N=C(/Cl)c2ccc(F)cc2)cc1. The largest absolute Gasteiger partial charge is 0.283 e. The molecule has 2 aromatic rings. The Morgan fingerprint density at radius 1 is 1.05 bits per heavy atom. The number of benzene rings is 2. The second-order valence-electron chi connectivity index (χ2n) is 4.18. The molecule has 3 nitrogen and oxygen atoms in total. The molecule has 104 valence electrons. The van der Waals surface area contributed by atoms with Crippen molar-refractivity contribution in [1.29, 1.82) is 0 Å². The van der Waals surface area contributed by atoms with Crippen LogP contribution in [0.5, 0.6) is 0 Å². The van der Waals surface area contributed by atoms with Crippen molar-refractivity contribution in [2.75, 3.05) is 0 Å². The summed E-state index contributed by atoms with van der Waals surface area (Å²) in [4.78, 5) is 0.0587. The van der Waals surface area contributed by atoms with Crippen molar-refractivity contribution in [1.82, 2.24) is 0 Å². The van der Waals surface area contributed by atoms with Gasteiger partial charge in [-0.15, -0.1) is 4.40 Å². The van der Waals surface area contributed by atoms with Crippen molar-refractivity contribution < 1.29 is 12.8 Å². The van der Waals surface area contributed by atoms with Gasteiger partial charge >= 0.3 is 0 Å². The van der Waals surface area contributed by atoms with Gasteiger partial charge in [0.1, 0.15) is 11.0 Å². The lowest BCUT2D eigenvalue weighted by atomic mass is 10.2. The molecule has 0 aliphatic heterocycles. The molecule has 0 saturated carbocycles. The van der Waals surface area contributed by atoms with Crippen LogP contribution in [-0.2, 0) is 10.0 Å². The van der Waals surface area contributed by atoms with E-state index in [0.717, 1.165) is 5.56 Å². The Kier molecular flexibility index (Phi) is 4.20. The highest BCUT2D eigenvalue weighted by Gasteiger charge is 2.14. The Hall–Kier alpha value is -1.72. The Morgan fingerprint density at radius 2 is 1.60 bits per heavy atom. The fraction of sp³-hybridized carbons (Fsp3) is 0.0714. The number of nitrogens with zero attached hydrogens (tertiary/aromatic N) is 1. The third kappa shape index (κ3) is 3.43. The molecule has 0 spiro atoms.